The lowest BCUT2D eigenvalue weighted by Crippen LogP contribution is -2.33. The van der Waals surface area contributed by atoms with Crippen LogP contribution in [0.2, 0.25) is 0 Å². The van der Waals surface area contributed by atoms with Gasteiger partial charge in [-0.25, -0.2) is 0 Å². The van der Waals surface area contributed by atoms with Crippen LogP contribution in [0.5, 0.6) is 0 Å². The van der Waals surface area contributed by atoms with Gasteiger partial charge in [0.05, 0.1) is 5.52 Å². The fourth-order valence-electron chi connectivity index (χ4n) is 9.37. The Morgan fingerprint density at radius 1 is 0.736 bits per heavy atom. The Morgan fingerprint density at radius 3 is 2.23 bits per heavy atom. The van der Waals surface area contributed by atoms with Gasteiger partial charge in [-0.2, -0.15) is 0 Å². The van der Waals surface area contributed by atoms with Gasteiger partial charge >= 0.3 is 0 Å². The topological polar surface area (TPSA) is 15.8 Å². The van der Waals surface area contributed by atoms with Gasteiger partial charge in [0.25, 0.3) is 0 Å². The summed E-state index contributed by atoms with van der Waals surface area (Å²) >= 11 is 0. The van der Waals surface area contributed by atoms with Crippen LogP contribution < -0.4 is 10.9 Å². The standard InChI is InChI=1S/C51H50BN/c1-10-36-20-12-14-22-39(36)32(4)31(3)38-24-18-28-46(35(38)7)52-48-34(6)33(5)43(37-21-13-11-19-30(37)2)29-44(48)40-25-17-26-42-47-41-23-15-16-27-45(41)51(8,9)50(47)53-49(40)42/h10-15,17-26,28-29,52-53H,1,16,27H2,2-9H3/b32-31+. The molecule has 0 bridgehead atoms. The number of H-pyrrole nitrogens is 1. The van der Waals surface area contributed by atoms with Crippen LogP contribution in [0.3, 0.4) is 0 Å². The minimum atomic E-state index is -0.0166. The molecule has 1 nitrogen and oxygen atoms in total. The Kier molecular flexibility index (Phi) is 8.69. The van der Waals surface area contributed by atoms with Crippen molar-refractivity contribution < 1.29 is 0 Å². The lowest BCUT2D eigenvalue weighted by molar-refractivity contribution is 0.592. The number of fused-ring (bicyclic) bond motifs is 4. The van der Waals surface area contributed by atoms with E-state index in [4.69, 9.17) is 0 Å². The molecular weight excluding hydrogens is 637 g/mol. The Bertz CT molecular complexity index is 2580. The van der Waals surface area contributed by atoms with Gasteiger partial charge in [0.1, 0.15) is 0 Å². The molecule has 5 aromatic carbocycles. The molecule has 2 heteroatoms. The van der Waals surface area contributed by atoms with E-state index in [1.54, 1.807) is 5.57 Å². The van der Waals surface area contributed by atoms with E-state index in [0.29, 0.717) is 0 Å². The second kappa shape index (κ2) is 13.3. The quantitative estimate of drug-likeness (QED) is 0.127. The highest BCUT2D eigenvalue weighted by Crippen LogP contribution is 2.53. The zero-order valence-electron chi connectivity index (χ0n) is 32.7. The van der Waals surface area contributed by atoms with E-state index < -0.39 is 0 Å². The molecule has 8 rings (SSSR count). The summed E-state index contributed by atoms with van der Waals surface area (Å²) in [5.74, 6) is 0. The molecule has 0 fully saturated rings. The van der Waals surface area contributed by atoms with Crippen LogP contribution in [0.1, 0.15) is 90.7 Å². The third kappa shape index (κ3) is 5.54. The molecule has 0 radical (unpaired) electrons. The molecule has 1 N–H and O–H groups in total. The van der Waals surface area contributed by atoms with E-state index in [-0.39, 0.29) is 5.41 Å². The van der Waals surface area contributed by atoms with Gasteiger partial charge in [-0.3, -0.25) is 0 Å². The Morgan fingerprint density at radius 2 is 1.43 bits per heavy atom. The van der Waals surface area contributed by atoms with Gasteiger partial charge in [0.2, 0.25) is 0 Å². The largest absolute Gasteiger partial charge is 0.357 e. The normalized spacial score (nSPS) is 15.0. The Balaban J connectivity index is 1.34. The number of hydrogen-bond donors (Lipinski definition) is 1. The van der Waals surface area contributed by atoms with Crippen LogP contribution in [-0.4, -0.2) is 12.3 Å². The van der Waals surface area contributed by atoms with Crippen molar-refractivity contribution in [1.29, 1.82) is 0 Å². The SMILES string of the molecule is C=Cc1ccccc1/C(C)=C(\C)c1cccc(Bc2c(-c3cccc4c5c([nH]c34)C(C)(C)C3=C5C=CCC3)cc(-c3ccccc3C)c(C)c2C)c1C. The predicted molar refractivity (Wildman–Crippen MR) is 234 cm³/mol. The van der Waals surface area contributed by atoms with Crippen molar-refractivity contribution in [3.63, 3.8) is 0 Å². The fraction of sp³-hybridized carbons (Fsp3) is 0.216. The monoisotopic (exact) mass is 687 g/mol. The van der Waals surface area contributed by atoms with Crippen LogP contribution in [0.15, 0.2) is 115 Å². The van der Waals surface area contributed by atoms with Crippen molar-refractivity contribution in [3.8, 4) is 22.3 Å². The summed E-state index contributed by atoms with van der Waals surface area (Å²) in [6, 6.07) is 33.7. The number of para-hydroxylation sites is 1. The summed E-state index contributed by atoms with van der Waals surface area (Å²) in [5, 5.41) is 1.33. The number of aryl methyl sites for hydroxylation is 1. The molecule has 53 heavy (non-hydrogen) atoms. The predicted octanol–water partition coefficient (Wildman–Crippen LogP) is 12.1. The van der Waals surface area contributed by atoms with E-state index in [9.17, 15) is 0 Å². The number of rotatable bonds is 7. The van der Waals surface area contributed by atoms with E-state index in [2.05, 4.69) is 170 Å². The molecule has 0 amide bonds. The second-order valence-corrected chi connectivity index (χ2v) is 15.9. The zero-order chi connectivity index (χ0) is 37.2. The van der Waals surface area contributed by atoms with Gasteiger partial charge in [-0.05, 0) is 127 Å². The van der Waals surface area contributed by atoms with Gasteiger partial charge in [-0.1, -0.05) is 146 Å². The fourth-order valence-corrected chi connectivity index (χ4v) is 9.37. The number of aromatic nitrogens is 1. The average Bonchev–Trinajstić information content (AvgIpc) is 3.67. The molecule has 0 spiro atoms. The van der Waals surface area contributed by atoms with Gasteiger partial charge in [0, 0.05) is 27.6 Å². The molecule has 2 aliphatic carbocycles. The van der Waals surface area contributed by atoms with Gasteiger partial charge in [-0.15, -0.1) is 0 Å². The summed E-state index contributed by atoms with van der Waals surface area (Å²) in [5.41, 5.74) is 26.7. The van der Waals surface area contributed by atoms with Crippen molar-refractivity contribution in [2.75, 3.05) is 0 Å². The van der Waals surface area contributed by atoms with E-state index in [1.807, 2.05) is 6.08 Å². The first-order valence-corrected chi connectivity index (χ1v) is 19.3. The lowest BCUT2D eigenvalue weighted by Gasteiger charge is -2.25. The third-order valence-electron chi connectivity index (χ3n) is 12.8. The van der Waals surface area contributed by atoms with Crippen molar-refractivity contribution in [2.45, 2.75) is 73.6 Å². The smallest absolute Gasteiger partial charge is 0.193 e. The van der Waals surface area contributed by atoms with E-state index in [0.717, 1.165) is 20.1 Å². The second-order valence-electron chi connectivity index (χ2n) is 15.9. The third-order valence-corrected chi connectivity index (χ3v) is 12.8. The van der Waals surface area contributed by atoms with Crippen molar-refractivity contribution in [3.05, 3.63) is 166 Å². The first-order chi connectivity index (χ1) is 25.5. The molecule has 0 saturated carbocycles. The average molecular weight is 688 g/mol. The van der Waals surface area contributed by atoms with Crippen molar-refractivity contribution in [2.24, 2.45) is 0 Å². The molecule has 1 aromatic heterocycles. The minimum Gasteiger partial charge on any atom is -0.357 e. The van der Waals surface area contributed by atoms with E-state index >= 15 is 0 Å². The maximum absolute atomic E-state index is 4.09. The van der Waals surface area contributed by atoms with Crippen LogP contribution in [0.4, 0.5) is 0 Å². The van der Waals surface area contributed by atoms with Crippen molar-refractivity contribution >= 4 is 51.9 Å². The van der Waals surface area contributed by atoms with Crippen LogP contribution >= 0.6 is 0 Å². The maximum atomic E-state index is 4.09. The number of benzene rings is 5. The molecule has 2 aliphatic rings. The Hall–Kier alpha value is -5.34. The molecule has 0 aliphatic heterocycles. The van der Waals surface area contributed by atoms with Crippen LogP contribution in [0, 0.1) is 27.7 Å². The summed E-state index contributed by atoms with van der Waals surface area (Å²) < 4.78 is 0. The molecule has 0 unspecified atom stereocenters. The molecule has 0 atom stereocenters. The zero-order valence-corrected chi connectivity index (χ0v) is 32.7. The molecule has 6 aromatic rings. The maximum Gasteiger partial charge on any atom is 0.193 e. The first-order valence-electron chi connectivity index (χ1n) is 19.3. The molecule has 0 saturated heterocycles. The first kappa shape index (κ1) is 34.7. The highest BCUT2D eigenvalue weighted by atomic mass is 14.8. The van der Waals surface area contributed by atoms with E-state index in [1.165, 1.54) is 111 Å². The van der Waals surface area contributed by atoms with Crippen LogP contribution in [-0.2, 0) is 5.41 Å². The summed E-state index contributed by atoms with van der Waals surface area (Å²) in [4.78, 5) is 4.07. The Labute approximate surface area is 317 Å². The highest BCUT2D eigenvalue weighted by Gasteiger charge is 2.40. The number of aromatic amines is 1. The summed E-state index contributed by atoms with van der Waals surface area (Å²) in [6.07, 6.45) is 8.96. The summed E-state index contributed by atoms with van der Waals surface area (Å²) in [7, 11) is 0.853. The molecular formula is C51H50BN. The highest BCUT2D eigenvalue weighted by molar-refractivity contribution is 6.70. The number of allylic oxidation sites excluding steroid dienone is 6. The number of hydrogen-bond acceptors (Lipinski definition) is 0. The summed E-state index contributed by atoms with van der Waals surface area (Å²) in [6.45, 7) is 22.6. The molecule has 1 heterocycles. The lowest BCUT2D eigenvalue weighted by atomic mass is 9.57. The van der Waals surface area contributed by atoms with Crippen LogP contribution in [0.25, 0.3) is 56.0 Å². The van der Waals surface area contributed by atoms with Gasteiger partial charge < -0.3 is 4.98 Å². The number of nitrogens with one attached hydrogen (secondary N) is 1. The minimum absolute atomic E-state index is 0.0166. The van der Waals surface area contributed by atoms with Crippen molar-refractivity contribution in [1.82, 2.24) is 4.98 Å². The van der Waals surface area contributed by atoms with Gasteiger partial charge in [0.15, 0.2) is 7.28 Å². The molecule has 262 valence electrons.